The fraction of sp³-hybridized carbons (Fsp3) is 0.396. The summed E-state index contributed by atoms with van der Waals surface area (Å²) in [7, 11) is 3.27. The molecule has 0 atom stereocenters. The smallest absolute Gasteiger partial charge is 0.317 e. The summed E-state index contributed by atoms with van der Waals surface area (Å²) < 4.78 is 47.7. The molecule has 12 nitrogen and oxygen atoms in total. The highest BCUT2D eigenvalue weighted by Crippen LogP contribution is 2.36. The van der Waals surface area contributed by atoms with Crippen LogP contribution in [-0.4, -0.2) is 48.3 Å². The van der Waals surface area contributed by atoms with Gasteiger partial charge in [-0.1, -0.05) is 39.8 Å². The Morgan fingerprint density at radius 2 is 0.908 bits per heavy atom. The summed E-state index contributed by atoms with van der Waals surface area (Å²) in [6.07, 6.45) is 5.74. The zero-order valence-corrected chi connectivity index (χ0v) is 39.4. The Balaban J connectivity index is 1.07. The van der Waals surface area contributed by atoms with Crippen LogP contribution in [0.25, 0.3) is 21.8 Å². The van der Waals surface area contributed by atoms with Crippen LogP contribution in [0.1, 0.15) is 106 Å². The third-order valence-corrected chi connectivity index (χ3v) is 11.1. The fourth-order valence-electron chi connectivity index (χ4n) is 8.07. The van der Waals surface area contributed by atoms with E-state index in [2.05, 4.69) is 37.7 Å². The van der Waals surface area contributed by atoms with Crippen molar-refractivity contribution in [2.45, 2.75) is 126 Å². The topological polar surface area (TPSA) is 134 Å². The van der Waals surface area contributed by atoms with E-state index in [0.717, 1.165) is 77.8 Å². The molecule has 0 fully saturated rings. The number of benzene rings is 4. The standard InChI is InChI=1S/C53H62N2O10/c1-11-40-34(15-21-48(42(40)13-3)60-30-36-26-54-46-19-17-38(58-9)23-44(46)52(36)64-32(5)6)28-62-50(56)25-51(57)63-29-35-16-22-49(43(14-4)41(35)12-2)61-31-37-27-55-47-20-18-39(59-10)24-45(47)53(37)65-33(7)8/h15-24,26-27,32-33H,11-14,25,28-31H2,1-10H3. The molecule has 12 heteroatoms. The van der Waals surface area contributed by atoms with Crippen molar-refractivity contribution < 1.29 is 47.5 Å². The molecule has 0 bridgehead atoms. The van der Waals surface area contributed by atoms with Crippen molar-refractivity contribution in [2.24, 2.45) is 0 Å². The largest absolute Gasteiger partial charge is 0.497 e. The third kappa shape index (κ3) is 11.6. The Morgan fingerprint density at radius 1 is 0.508 bits per heavy atom. The lowest BCUT2D eigenvalue weighted by molar-refractivity contribution is -0.156. The average Bonchev–Trinajstić information content (AvgIpc) is 3.30. The molecule has 6 aromatic rings. The van der Waals surface area contributed by atoms with Gasteiger partial charge in [0.2, 0.25) is 0 Å². The summed E-state index contributed by atoms with van der Waals surface area (Å²) in [4.78, 5) is 35.3. The number of pyridine rings is 2. The normalized spacial score (nSPS) is 11.3. The summed E-state index contributed by atoms with van der Waals surface area (Å²) in [6, 6.07) is 19.1. The number of carbonyl (C=O) groups excluding carboxylic acids is 2. The van der Waals surface area contributed by atoms with Gasteiger partial charge in [0.05, 0.1) is 48.6 Å². The summed E-state index contributed by atoms with van der Waals surface area (Å²) >= 11 is 0. The van der Waals surface area contributed by atoms with E-state index >= 15 is 0 Å². The Morgan fingerprint density at radius 3 is 1.26 bits per heavy atom. The molecule has 0 spiro atoms. The van der Waals surface area contributed by atoms with E-state index in [1.807, 2.05) is 88.4 Å². The molecule has 0 radical (unpaired) electrons. The SMILES string of the molecule is CCc1c(COC(=O)CC(=O)OCc2ccc(OCc3cnc4ccc(OC)cc4c3OC(C)C)c(CC)c2CC)ccc(OCc2cnc3ccc(OC)cc3c2OC(C)C)c1CC. The van der Waals surface area contributed by atoms with Crippen molar-refractivity contribution in [3.63, 3.8) is 0 Å². The van der Waals surface area contributed by atoms with Crippen molar-refractivity contribution >= 4 is 33.7 Å². The van der Waals surface area contributed by atoms with Gasteiger partial charge in [-0.25, -0.2) is 0 Å². The number of carbonyl (C=O) groups is 2. The van der Waals surface area contributed by atoms with Crippen LogP contribution in [0.15, 0.2) is 73.1 Å². The first-order valence-electron chi connectivity index (χ1n) is 22.5. The minimum atomic E-state index is -0.662. The number of fused-ring (bicyclic) bond motifs is 2. The van der Waals surface area contributed by atoms with Gasteiger partial charge < -0.3 is 37.9 Å². The van der Waals surface area contributed by atoms with Crippen molar-refractivity contribution in [1.29, 1.82) is 0 Å². The number of nitrogens with zero attached hydrogens (tertiary/aromatic N) is 2. The van der Waals surface area contributed by atoms with E-state index in [0.29, 0.717) is 48.7 Å². The van der Waals surface area contributed by atoms with Crippen molar-refractivity contribution in [3.8, 4) is 34.5 Å². The predicted molar refractivity (Wildman–Crippen MR) is 251 cm³/mol. The highest BCUT2D eigenvalue weighted by Gasteiger charge is 2.21. The zero-order valence-electron chi connectivity index (χ0n) is 39.4. The van der Waals surface area contributed by atoms with Crippen LogP contribution in [-0.2, 0) is 71.2 Å². The molecular formula is C53H62N2O10. The fourth-order valence-corrected chi connectivity index (χ4v) is 8.07. The highest BCUT2D eigenvalue weighted by molar-refractivity contribution is 5.91. The molecule has 0 saturated carbocycles. The Hall–Kier alpha value is -6.56. The maximum absolute atomic E-state index is 13.0. The first kappa shape index (κ1) is 47.9. The molecule has 65 heavy (non-hydrogen) atoms. The van der Waals surface area contributed by atoms with Crippen LogP contribution in [0.5, 0.6) is 34.5 Å². The lowest BCUT2D eigenvalue weighted by atomic mass is 9.96. The summed E-state index contributed by atoms with van der Waals surface area (Å²) in [5.74, 6) is 2.98. The van der Waals surface area contributed by atoms with Gasteiger partial charge in [0.25, 0.3) is 0 Å². The maximum atomic E-state index is 13.0. The number of rotatable bonds is 22. The first-order chi connectivity index (χ1) is 31.4. The monoisotopic (exact) mass is 886 g/mol. The van der Waals surface area contributed by atoms with Crippen LogP contribution in [0.4, 0.5) is 0 Å². The van der Waals surface area contributed by atoms with Crippen molar-refractivity contribution in [2.75, 3.05) is 14.2 Å². The van der Waals surface area contributed by atoms with Gasteiger partial charge in [-0.2, -0.15) is 0 Å². The number of aromatic nitrogens is 2. The number of esters is 2. The van der Waals surface area contributed by atoms with Gasteiger partial charge in [0, 0.05) is 23.2 Å². The molecule has 0 aliphatic carbocycles. The van der Waals surface area contributed by atoms with Gasteiger partial charge in [-0.3, -0.25) is 19.6 Å². The van der Waals surface area contributed by atoms with E-state index in [1.165, 1.54) is 0 Å². The van der Waals surface area contributed by atoms with Gasteiger partial charge in [0.15, 0.2) is 0 Å². The maximum Gasteiger partial charge on any atom is 0.317 e. The first-order valence-corrected chi connectivity index (χ1v) is 22.5. The molecule has 0 N–H and O–H groups in total. The van der Waals surface area contributed by atoms with Crippen LogP contribution in [0.3, 0.4) is 0 Å². The van der Waals surface area contributed by atoms with E-state index in [-0.39, 0.29) is 38.6 Å². The van der Waals surface area contributed by atoms with E-state index in [1.54, 1.807) is 26.6 Å². The van der Waals surface area contributed by atoms with Crippen LogP contribution in [0, 0.1) is 0 Å². The quantitative estimate of drug-likeness (QED) is 0.0474. The van der Waals surface area contributed by atoms with Gasteiger partial charge in [-0.05, 0) is 135 Å². The Labute approximate surface area is 382 Å². The molecule has 2 aromatic heterocycles. The highest BCUT2D eigenvalue weighted by atomic mass is 16.6. The van der Waals surface area contributed by atoms with Gasteiger partial charge in [0.1, 0.15) is 67.3 Å². The lowest BCUT2D eigenvalue weighted by Crippen LogP contribution is -2.15. The molecule has 0 aliphatic heterocycles. The Bertz CT molecular complexity index is 2440. The van der Waals surface area contributed by atoms with Crippen molar-refractivity contribution in [3.05, 3.63) is 118 Å². The molecule has 0 saturated heterocycles. The van der Waals surface area contributed by atoms with Crippen LogP contribution < -0.4 is 28.4 Å². The summed E-state index contributed by atoms with van der Waals surface area (Å²) in [6.45, 7) is 16.7. The van der Waals surface area contributed by atoms with E-state index in [9.17, 15) is 9.59 Å². The molecule has 2 heterocycles. The number of methoxy groups -OCH3 is 2. The zero-order chi connectivity index (χ0) is 46.6. The number of hydrogen-bond donors (Lipinski definition) is 0. The minimum absolute atomic E-state index is 0.0151. The minimum Gasteiger partial charge on any atom is -0.497 e. The predicted octanol–water partition coefficient (Wildman–Crippen LogP) is 11.0. The molecule has 344 valence electrons. The van der Waals surface area contributed by atoms with E-state index < -0.39 is 18.4 Å². The second-order valence-electron chi connectivity index (χ2n) is 16.2. The van der Waals surface area contributed by atoms with Gasteiger partial charge >= 0.3 is 11.9 Å². The summed E-state index contributed by atoms with van der Waals surface area (Å²) in [5.41, 5.74) is 9.04. The second-order valence-corrected chi connectivity index (χ2v) is 16.2. The van der Waals surface area contributed by atoms with Crippen LogP contribution in [0.2, 0.25) is 0 Å². The van der Waals surface area contributed by atoms with Crippen LogP contribution >= 0.6 is 0 Å². The molecule has 6 rings (SSSR count). The average molecular weight is 887 g/mol. The third-order valence-electron chi connectivity index (χ3n) is 11.1. The lowest BCUT2D eigenvalue weighted by Gasteiger charge is -2.20. The van der Waals surface area contributed by atoms with Gasteiger partial charge in [-0.15, -0.1) is 0 Å². The Kier molecular flexibility index (Phi) is 16.5. The molecule has 0 amide bonds. The molecule has 0 unspecified atom stereocenters. The molecule has 0 aliphatic rings. The molecular weight excluding hydrogens is 825 g/mol. The molecule has 4 aromatic carbocycles. The van der Waals surface area contributed by atoms with Crippen molar-refractivity contribution in [1.82, 2.24) is 9.97 Å². The number of ether oxygens (including phenoxy) is 8. The summed E-state index contributed by atoms with van der Waals surface area (Å²) in [5, 5.41) is 1.70. The number of hydrogen-bond acceptors (Lipinski definition) is 12. The van der Waals surface area contributed by atoms with E-state index in [4.69, 9.17) is 37.9 Å². The second kappa shape index (κ2) is 22.4.